The van der Waals surface area contributed by atoms with Gasteiger partial charge in [-0.25, -0.2) is 0 Å². The van der Waals surface area contributed by atoms with Crippen LogP contribution in [0, 0.1) is 0 Å². The molecule has 0 radical (unpaired) electrons. The minimum Gasteiger partial charge on any atom is -0.408 e. The van der Waals surface area contributed by atoms with E-state index in [1.807, 2.05) is 42.7 Å². The van der Waals surface area contributed by atoms with Crippen molar-refractivity contribution in [1.82, 2.24) is 25.0 Å². The summed E-state index contributed by atoms with van der Waals surface area (Å²) in [7, 11) is 0. The van der Waals surface area contributed by atoms with Crippen molar-refractivity contribution in [2.75, 3.05) is 11.1 Å². The number of carbonyl (C=O) groups is 1. The van der Waals surface area contributed by atoms with Gasteiger partial charge in [0.25, 0.3) is 0 Å². The van der Waals surface area contributed by atoms with Gasteiger partial charge in [-0.05, 0) is 48.5 Å². The summed E-state index contributed by atoms with van der Waals surface area (Å²) in [5, 5.41) is 20.8. The summed E-state index contributed by atoms with van der Waals surface area (Å²) in [5.74, 6) is 0.930. The summed E-state index contributed by atoms with van der Waals surface area (Å²) >= 11 is 13.3. The van der Waals surface area contributed by atoms with Crippen LogP contribution in [-0.2, 0) is 4.79 Å². The van der Waals surface area contributed by atoms with Crippen molar-refractivity contribution < 1.29 is 9.21 Å². The molecule has 0 spiro atoms. The Morgan fingerprint density at radius 2 is 1.66 bits per heavy atom. The molecule has 2 aromatic heterocycles. The SMILES string of the molecule is CC(C)c1nnc(NC(=O)CSc2nnc(-c3ccc(Cl)cc3)n2-c2ccc(Cl)cc2)o1. The monoisotopic (exact) mass is 488 g/mol. The van der Waals surface area contributed by atoms with E-state index in [-0.39, 0.29) is 23.6 Å². The molecule has 11 heteroatoms. The molecular formula is C21H18Cl2N6O2S. The van der Waals surface area contributed by atoms with E-state index >= 15 is 0 Å². The molecule has 2 heterocycles. The number of nitrogens with one attached hydrogen (secondary N) is 1. The second-order valence-corrected chi connectivity index (χ2v) is 8.88. The second kappa shape index (κ2) is 9.72. The third kappa shape index (κ3) is 5.12. The Morgan fingerprint density at radius 1 is 1.00 bits per heavy atom. The summed E-state index contributed by atoms with van der Waals surface area (Å²) < 4.78 is 7.29. The van der Waals surface area contributed by atoms with E-state index in [2.05, 4.69) is 25.7 Å². The lowest BCUT2D eigenvalue weighted by molar-refractivity contribution is -0.113. The van der Waals surface area contributed by atoms with Gasteiger partial charge in [0.05, 0.1) is 5.75 Å². The number of hydrogen-bond donors (Lipinski definition) is 1. The molecule has 0 saturated heterocycles. The zero-order valence-corrected chi connectivity index (χ0v) is 19.4. The fourth-order valence-electron chi connectivity index (χ4n) is 2.78. The molecule has 1 N–H and O–H groups in total. The topological polar surface area (TPSA) is 98.7 Å². The van der Waals surface area contributed by atoms with Gasteiger partial charge in [-0.15, -0.1) is 15.3 Å². The van der Waals surface area contributed by atoms with Crippen molar-refractivity contribution in [2.45, 2.75) is 24.9 Å². The molecule has 164 valence electrons. The van der Waals surface area contributed by atoms with Crippen LogP contribution in [0.2, 0.25) is 10.0 Å². The second-order valence-electron chi connectivity index (χ2n) is 7.06. The molecule has 4 aromatic rings. The van der Waals surface area contributed by atoms with E-state index in [1.54, 1.807) is 24.3 Å². The van der Waals surface area contributed by atoms with Crippen LogP contribution in [0.15, 0.2) is 58.1 Å². The number of anilines is 1. The molecule has 1 amide bonds. The molecule has 0 aliphatic rings. The highest BCUT2D eigenvalue weighted by Gasteiger charge is 2.18. The fourth-order valence-corrected chi connectivity index (χ4v) is 3.78. The molecule has 0 unspecified atom stereocenters. The van der Waals surface area contributed by atoms with E-state index < -0.39 is 0 Å². The Bertz CT molecular complexity index is 1220. The number of rotatable bonds is 7. The fraction of sp³-hybridized carbons (Fsp3) is 0.190. The van der Waals surface area contributed by atoms with Crippen molar-refractivity contribution in [2.24, 2.45) is 0 Å². The summed E-state index contributed by atoms with van der Waals surface area (Å²) in [4.78, 5) is 12.4. The predicted molar refractivity (Wildman–Crippen MR) is 125 cm³/mol. The Balaban J connectivity index is 1.57. The van der Waals surface area contributed by atoms with Gasteiger partial charge >= 0.3 is 6.01 Å². The predicted octanol–water partition coefficient (Wildman–Crippen LogP) is 5.48. The first-order valence-corrected chi connectivity index (χ1v) is 11.4. The number of benzene rings is 2. The minimum absolute atomic E-state index is 0.0697. The zero-order chi connectivity index (χ0) is 22.7. The van der Waals surface area contributed by atoms with Gasteiger partial charge in [0.15, 0.2) is 11.0 Å². The Labute approximate surface area is 198 Å². The lowest BCUT2D eigenvalue weighted by Gasteiger charge is -2.10. The van der Waals surface area contributed by atoms with Crippen LogP contribution in [0.4, 0.5) is 6.01 Å². The van der Waals surface area contributed by atoms with Gasteiger partial charge in [0, 0.05) is 27.2 Å². The van der Waals surface area contributed by atoms with Gasteiger partial charge in [-0.3, -0.25) is 14.7 Å². The highest BCUT2D eigenvalue weighted by Crippen LogP contribution is 2.29. The van der Waals surface area contributed by atoms with Crippen molar-refractivity contribution in [1.29, 1.82) is 0 Å². The number of thioether (sulfide) groups is 1. The Kier molecular flexibility index (Phi) is 6.78. The quantitative estimate of drug-likeness (QED) is 0.343. The van der Waals surface area contributed by atoms with Crippen LogP contribution < -0.4 is 5.32 Å². The maximum atomic E-state index is 12.4. The molecule has 0 aliphatic carbocycles. The molecule has 0 atom stereocenters. The van der Waals surface area contributed by atoms with Crippen LogP contribution in [-0.4, -0.2) is 36.6 Å². The first-order valence-electron chi connectivity index (χ1n) is 9.64. The van der Waals surface area contributed by atoms with Crippen molar-refractivity contribution >= 4 is 46.9 Å². The average molecular weight is 489 g/mol. The largest absolute Gasteiger partial charge is 0.408 e. The van der Waals surface area contributed by atoms with Crippen LogP contribution in [0.1, 0.15) is 25.7 Å². The van der Waals surface area contributed by atoms with Gasteiger partial charge < -0.3 is 4.42 Å². The lowest BCUT2D eigenvalue weighted by atomic mass is 10.2. The highest BCUT2D eigenvalue weighted by atomic mass is 35.5. The van der Waals surface area contributed by atoms with E-state index in [0.29, 0.717) is 26.9 Å². The molecule has 0 fully saturated rings. The van der Waals surface area contributed by atoms with E-state index in [4.69, 9.17) is 27.6 Å². The summed E-state index contributed by atoms with van der Waals surface area (Å²) in [6.45, 7) is 3.85. The molecule has 0 saturated carbocycles. The van der Waals surface area contributed by atoms with Gasteiger partial charge in [-0.2, -0.15) is 0 Å². The maximum Gasteiger partial charge on any atom is 0.322 e. The summed E-state index contributed by atoms with van der Waals surface area (Å²) in [5.41, 5.74) is 1.64. The first-order chi connectivity index (χ1) is 15.4. The Hall–Kier alpha value is -2.88. The average Bonchev–Trinajstić information content (AvgIpc) is 3.41. The molecule has 0 bridgehead atoms. The van der Waals surface area contributed by atoms with Gasteiger partial charge in [-0.1, -0.05) is 53.9 Å². The molecular weight excluding hydrogens is 471 g/mol. The van der Waals surface area contributed by atoms with Crippen molar-refractivity contribution in [3.8, 4) is 17.1 Å². The van der Waals surface area contributed by atoms with Crippen LogP contribution in [0.5, 0.6) is 0 Å². The number of amides is 1. The molecule has 2 aromatic carbocycles. The van der Waals surface area contributed by atoms with E-state index in [9.17, 15) is 4.79 Å². The third-order valence-electron chi connectivity index (χ3n) is 4.33. The number of aromatic nitrogens is 5. The number of hydrogen-bond acceptors (Lipinski definition) is 7. The van der Waals surface area contributed by atoms with E-state index in [0.717, 1.165) is 11.3 Å². The smallest absolute Gasteiger partial charge is 0.322 e. The highest BCUT2D eigenvalue weighted by molar-refractivity contribution is 7.99. The van der Waals surface area contributed by atoms with Crippen molar-refractivity contribution in [3.63, 3.8) is 0 Å². The van der Waals surface area contributed by atoms with Gasteiger partial charge in [0.2, 0.25) is 11.8 Å². The van der Waals surface area contributed by atoms with Gasteiger partial charge in [0.1, 0.15) is 0 Å². The lowest BCUT2D eigenvalue weighted by Crippen LogP contribution is -2.14. The summed E-state index contributed by atoms with van der Waals surface area (Å²) in [6.07, 6.45) is 0. The summed E-state index contributed by atoms with van der Waals surface area (Å²) in [6, 6.07) is 14.7. The molecule has 32 heavy (non-hydrogen) atoms. The molecule has 8 nitrogen and oxygen atoms in total. The Morgan fingerprint density at radius 3 is 2.28 bits per heavy atom. The maximum absolute atomic E-state index is 12.4. The van der Waals surface area contributed by atoms with Crippen LogP contribution >= 0.6 is 35.0 Å². The molecule has 4 rings (SSSR count). The standard InChI is InChI=1S/C21H18Cl2N6O2S/c1-12(2)19-26-27-20(31-19)24-17(30)11-32-21-28-25-18(13-3-5-14(22)6-4-13)29(21)16-9-7-15(23)8-10-16/h3-10,12H,11H2,1-2H3,(H,24,27,30). The van der Waals surface area contributed by atoms with E-state index in [1.165, 1.54) is 11.8 Å². The van der Waals surface area contributed by atoms with Crippen LogP contribution in [0.25, 0.3) is 17.1 Å². The van der Waals surface area contributed by atoms with Crippen molar-refractivity contribution in [3.05, 3.63) is 64.5 Å². The van der Waals surface area contributed by atoms with Crippen LogP contribution in [0.3, 0.4) is 0 Å². The normalized spacial score (nSPS) is 11.2. The number of halogens is 2. The first kappa shape index (κ1) is 22.3. The zero-order valence-electron chi connectivity index (χ0n) is 17.1. The number of carbonyl (C=O) groups excluding carboxylic acids is 1. The number of nitrogens with zero attached hydrogens (tertiary/aromatic N) is 5. The third-order valence-corrected chi connectivity index (χ3v) is 5.77. The minimum atomic E-state index is -0.298. The molecule has 0 aliphatic heterocycles.